The van der Waals surface area contributed by atoms with Crippen LogP contribution in [0.25, 0.3) is 10.9 Å². The highest BCUT2D eigenvalue weighted by molar-refractivity contribution is 6.15. The molecule has 28 heavy (non-hydrogen) atoms. The molecule has 0 aliphatic heterocycles. The maximum atomic E-state index is 14.7. The second-order valence-corrected chi connectivity index (χ2v) is 6.11. The van der Waals surface area contributed by atoms with Crippen LogP contribution in [-0.4, -0.2) is 44.6 Å². The second-order valence-electron chi connectivity index (χ2n) is 6.11. The second kappa shape index (κ2) is 8.56. The Morgan fingerprint density at radius 2 is 2.00 bits per heavy atom. The van der Waals surface area contributed by atoms with Gasteiger partial charge in [0.25, 0.3) is 0 Å². The summed E-state index contributed by atoms with van der Waals surface area (Å²) in [7, 11) is 4.44. The van der Waals surface area contributed by atoms with Crippen LogP contribution in [0.1, 0.15) is 16.8 Å². The molecule has 0 spiro atoms. The minimum atomic E-state index is -0.494. The Hall–Kier alpha value is -3.35. The zero-order chi connectivity index (χ0) is 20.1. The van der Waals surface area contributed by atoms with Crippen LogP contribution in [0.5, 0.6) is 5.75 Å². The molecular formula is C21H22FN3O3. The van der Waals surface area contributed by atoms with Gasteiger partial charge in [0.1, 0.15) is 11.6 Å². The number of nitrogens with zero attached hydrogens (tertiary/aromatic N) is 1. The van der Waals surface area contributed by atoms with Crippen LogP contribution in [0.15, 0.2) is 47.5 Å². The van der Waals surface area contributed by atoms with E-state index in [1.165, 1.54) is 20.3 Å². The molecule has 2 aromatic carbocycles. The normalized spacial score (nSPS) is 11.5. The zero-order valence-corrected chi connectivity index (χ0v) is 16.0. The number of rotatable bonds is 6. The molecule has 7 heteroatoms. The predicted octanol–water partition coefficient (Wildman–Crippen LogP) is 3.68. The Morgan fingerprint density at radius 3 is 2.68 bits per heavy atom. The molecular weight excluding hydrogens is 361 g/mol. The summed E-state index contributed by atoms with van der Waals surface area (Å²) in [6, 6.07) is 12.5. The molecule has 0 aliphatic rings. The average molecular weight is 383 g/mol. The van der Waals surface area contributed by atoms with Crippen molar-refractivity contribution in [1.29, 1.82) is 0 Å². The topological polar surface area (TPSA) is 75.7 Å². The Labute approximate surface area is 162 Å². The van der Waals surface area contributed by atoms with Gasteiger partial charge in [-0.05, 0) is 30.2 Å². The van der Waals surface area contributed by atoms with E-state index in [4.69, 9.17) is 4.74 Å². The monoisotopic (exact) mass is 383 g/mol. The predicted molar refractivity (Wildman–Crippen MR) is 107 cm³/mol. The van der Waals surface area contributed by atoms with Crippen LogP contribution in [0, 0.1) is 5.82 Å². The van der Waals surface area contributed by atoms with Crippen molar-refractivity contribution < 1.29 is 18.7 Å². The lowest BCUT2D eigenvalue weighted by Gasteiger charge is -2.11. The molecule has 0 aliphatic carbocycles. The summed E-state index contributed by atoms with van der Waals surface area (Å²) in [5, 5.41) is 3.68. The SMILES string of the molecule is CN=C(c1ccc(OC)cc1F)c1[nH]c2ccccc2c1CCNC(=O)OC. The Kier molecular flexibility index (Phi) is 5.93. The molecule has 0 unspecified atom stereocenters. The maximum absolute atomic E-state index is 14.7. The van der Waals surface area contributed by atoms with Crippen molar-refractivity contribution in [3.05, 3.63) is 65.1 Å². The van der Waals surface area contributed by atoms with Gasteiger partial charge in [0.15, 0.2) is 0 Å². The van der Waals surface area contributed by atoms with Gasteiger partial charge in [-0.3, -0.25) is 4.99 Å². The van der Waals surface area contributed by atoms with Gasteiger partial charge in [0.2, 0.25) is 0 Å². The van der Waals surface area contributed by atoms with Crippen LogP contribution >= 0.6 is 0 Å². The molecule has 1 amide bonds. The fraction of sp³-hybridized carbons (Fsp3) is 0.238. The van der Waals surface area contributed by atoms with Crippen molar-refractivity contribution in [2.24, 2.45) is 4.99 Å². The lowest BCUT2D eigenvalue weighted by atomic mass is 10.00. The van der Waals surface area contributed by atoms with E-state index >= 15 is 0 Å². The fourth-order valence-electron chi connectivity index (χ4n) is 3.21. The molecule has 3 rings (SSSR count). The van der Waals surface area contributed by atoms with Gasteiger partial charge >= 0.3 is 6.09 Å². The number of alkyl carbamates (subject to hydrolysis) is 1. The van der Waals surface area contributed by atoms with E-state index in [0.717, 1.165) is 22.2 Å². The number of methoxy groups -OCH3 is 2. The van der Waals surface area contributed by atoms with Crippen LogP contribution in [0.4, 0.5) is 9.18 Å². The highest BCUT2D eigenvalue weighted by Crippen LogP contribution is 2.27. The van der Waals surface area contributed by atoms with Crippen molar-refractivity contribution in [1.82, 2.24) is 10.3 Å². The molecule has 3 aromatic rings. The van der Waals surface area contributed by atoms with Crippen molar-refractivity contribution in [3.8, 4) is 5.75 Å². The average Bonchev–Trinajstić information content (AvgIpc) is 3.08. The molecule has 2 N–H and O–H groups in total. The lowest BCUT2D eigenvalue weighted by molar-refractivity contribution is 0.171. The standard InChI is InChI=1S/C21H22FN3O3/c1-23-19(16-9-8-13(27-2)12-17(16)22)20-15(10-11-24-21(26)28-3)14-6-4-5-7-18(14)25-20/h4-9,12,25H,10-11H2,1-3H3,(H,24,26). The van der Waals surface area contributed by atoms with Gasteiger partial charge in [0.05, 0.1) is 25.6 Å². The molecule has 0 radical (unpaired) electrons. The van der Waals surface area contributed by atoms with E-state index < -0.39 is 11.9 Å². The lowest BCUT2D eigenvalue weighted by Crippen LogP contribution is -2.25. The minimum absolute atomic E-state index is 0.372. The van der Waals surface area contributed by atoms with Gasteiger partial charge in [-0.1, -0.05) is 18.2 Å². The van der Waals surface area contributed by atoms with E-state index in [1.807, 2.05) is 24.3 Å². The number of hydrogen-bond donors (Lipinski definition) is 2. The van der Waals surface area contributed by atoms with Gasteiger partial charge in [-0.25, -0.2) is 9.18 Å². The van der Waals surface area contributed by atoms with Crippen molar-refractivity contribution in [2.45, 2.75) is 6.42 Å². The van der Waals surface area contributed by atoms with Crippen molar-refractivity contribution in [2.75, 3.05) is 27.8 Å². The van der Waals surface area contributed by atoms with Crippen LogP contribution < -0.4 is 10.1 Å². The Morgan fingerprint density at radius 1 is 1.21 bits per heavy atom. The number of amides is 1. The summed E-state index contributed by atoms with van der Waals surface area (Å²) in [5.41, 5.74) is 3.46. The number of halogens is 1. The number of para-hydroxylation sites is 1. The van der Waals surface area contributed by atoms with Crippen molar-refractivity contribution in [3.63, 3.8) is 0 Å². The van der Waals surface area contributed by atoms with Gasteiger partial charge in [-0.2, -0.15) is 0 Å². The molecule has 0 fully saturated rings. The zero-order valence-electron chi connectivity index (χ0n) is 16.0. The summed E-state index contributed by atoms with van der Waals surface area (Å²) in [4.78, 5) is 19.1. The first-order chi connectivity index (χ1) is 13.6. The highest BCUT2D eigenvalue weighted by Gasteiger charge is 2.20. The maximum Gasteiger partial charge on any atom is 0.406 e. The molecule has 0 bridgehead atoms. The van der Waals surface area contributed by atoms with E-state index in [9.17, 15) is 9.18 Å². The molecule has 146 valence electrons. The quantitative estimate of drug-likeness (QED) is 0.638. The third-order valence-corrected chi connectivity index (χ3v) is 4.54. The molecule has 1 aromatic heterocycles. The summed E-state index contributed by atoms with van der Waals surface area (Å²) >= 11 is 0. The number of aromatic nitrogens is 1. The van der Waals surface area contributed by atoms with Crippen LogP contribution in [-0.2, 0) is 11.2 Å². The number of carbonyl (C=O) groups is 1. The number of aliphatic imine (C=N–C) groups is 1. The molecule has 1 heterocycles. The van der Waals surface area contributed by atoms with E-state index in [0.29, 0.717) is 30.0 Å². The number of hydrogen-bond acceptors (Lipinski definition) is 4. The molecule has 0 saturated heterocycles. The largest absolute Gasteiger partial charge is 0.497 e. The number of ether oxygens (including phenoxy) is 2. The third-order valence-electron chi connectivity index (χ3n) is 4.54. The van der Waals surface area contributed by atoms with Gasteiger partial charge in [-0.15, -0.1) is 0 Å². The third kappa shape index (κ3) is 3.83. The summed E-state index contributed by atoms with van der Waals surface area (Å²) < 4.78 is 24.4. The van der Waals surface area contributed by atoms with Crippen LogP contribution in [0.2, 0.25) is 0 Å². The number of aromatic amines is 1. The summed E-state index contributed by atoms with van der Waals surface area (Å²) in [6.45, 7) is 0.379. The van der Waals surface area contributed by atoms with Gasteiger partial charge < -0.3 is 19.8 Å². The van der Waals surface area contributed by atoms with Gasteiger partial charge in [0, 0.05) is 36.1 Å². The van der Waals surface area contributed by atoms with Crippen molar-refractivity contribution >= 4 is 22.7 Å². The Balaban J connectivity index is 2.05. The fourth-order valence-corrected chi connectivity index (χ4v) is 3.21. The highest BCUT2D eigenvalue weighted by atomic mass is 19.1. The molecule has 6 nitrogen and oxygen atoms in total. The summed E-state index contributed by atoms with van der Waals surface area (Å²) in [5.74, 6) is 0.0214. The summed E-state index contributed by atoms with van der Waals surface area (Å²) in [6.07, 6.45) is 0.0394. The number of nitrogens with one attached hydrogen (secondary N) is 2. The number of H-pyrrole nitrogens is 1. The van der Waals surface area contributed by atoms with E-state index in [1.54, 1.807) is 19.2 Å². The first-order valence-electron chi connectivity index (χ1n) is 8.81. The number of fused-ring (bicyclic) bond motifs is 1. The van der Waals surface area contributed by atoms with Crippen LogP contribution in [0.3, 0.4) is 0 Å². The van der Waals surface area contributed by atoms with E-state index in [-0.39, 0.29) is 0 Å². The van der Waals surface area contributed by atoms with E-state index in [2.05, 4.69) is 20.0 Å². The first-order valence-corrected chi connectivity index (χ1v) is 8.81. The molecule has 0 atom stereocenters. The first kappa shape index (κ1) is 19.4. The molecule has 0 saturated carbocycles. The smallest absolute Gasteiger partial charge is 0.406 e. The Bertz CT molecular complexity index is 1030. The number of carbonyl (C=O) groups excluding carboxylic acids is 1. The number of benzene rings is 2. The minimum Gasteiger partial charge on any atom is -0.497 e.